The number of halogens is 1. The van der Waals surface area contributed by atoms with Gasteiger partial charge in [0.15, 0.2) is 0 Å². The highest BCUT2D eigenvalue weighted by Crippen LogP contribution is 2.32. The van der Waals surface area contributed by atoms with Crippen molar-refractivity contribution in [3.63, 3.8) is 0 Å². The number of benzene rings is 3. The third kappa shape index (κ3) is 4.70. The summed E-state index contributed by atoms with van der Waals surface area (Å²) >= 11 is 6.16. The predicted molar refractivity (Wildman–Crippen MR) is 126 cm³/mol. The number of rotatable bonds is 6. The largest absolute Gasteiger partial charge is 0.493 e. The molecule has 4 rings (SSSR count). The van der Waals surface area contributed by atoms with E-state index in [2.05, 4.69) is 0 Å². The highest BCUT2D eigenvalue weighted by molar-refractivity contribution is 6.30. The number of amides is 1. The van der Waals surface area contributed by atoms with Gasteiger partial charge >= 0.3 is 0 Å². The molecular weight excluding hydrogens is 408 g/mol. The minimum Gasteiger partial charge on any atom is -0.493 e. The number of carbonyl (C=O) groups is 1. The molecule has 0 fully saturated rings. The fourth-order valence-electron chi connectivity index (χ4n) is 3.55. The molecule has 1 amide bonds. The highest BCUT2D eigenvalue weighted by atomic mass is 35.5. The molecule has 1 heterocycles. The first-order valence-corrected chi connectivity index (χ1v) is 10.6. The van der Waals surface area contributed by atoms with Gasteiger partial charge in [0.2, 0.25) is 0 Å². The van der Waals surface area contributed by atoms with E-state index in [1.54, 1.807) is 4.90 Å². The number of aromatic nitrogens is 1. The molecule has 31 heavy (non-hydrogen) atoms. The lowest BCUT2D eigenvalue weighted by Crippen LogP contribution is -2.26. The molecule has 0 atom stereocenters. The summed E-state index contributed by atoms with van der Waals surface area (Å²) in [6.45, 7) is 3.00. The van der Waals surface area contributed by atoms with Gasteiger partial charge in [0, 0.05) is 41.2 Å². The van der Waals surface area contributed by atoms with Crippen LogP contribution in [0.5, 0.6) is 5.75 Å². The molecule has 0 N–H and O–H groups in total. The highest BCUT2D eigenvalue weighted by Gasteiger charge is 2.16. The van der Waals surface area contributed by atoms with Crippen molar-refractivity contribution < 1.29 is 9.53 Å². The van der Waals surface area contributed by atoms with Gasteiger partial charge in [-0.3, -0.25) is 4.79 Å². The Hall–Kier alpha value is -3.37. The lowest BCUT2D eigenvalue weighted by molar-refractivity contribution is 0.0785. The van der Waals surface area contributed by atoms with Crippen molar-refractivity contribution in [3.05, 3.63) is 95.0 Å². The Morgan fingerprint density at radius 1 is 1.00 bits per heavy atom. The summed E-state index contributed by atoms with van der Waals surface area (Å²) in [7, 11) is 1.81. The van der Waals surface area contributed by atoms with Gasteiger partial charge in [-0.25, -0.2) is 4.98 Å². The van der Waals surface area contributed by atoms with E-state index >= 15 is 0 Å². The summed E-state index contributed by atoms with van der Waals surface area (Å²) in [6, 6.07) is 25.0. The van der Waals surface area contributed by atoms with Crippen molar-refractivity contribution in [1.29, 1.82) is 0 Å². The molecule has 0 unspecified atom stereocenters. The normalized spacial score (nSPS) is 10.8. The van der Waals surface area contributed by atoms with Crippen LogP contribution in [0.4, 0.5) is 0 Å². The minimum absolute atomic E-state index is 0.0490. The number of pyridine rings is 1. The van der Waals surface area contributed by atoms with E-state index in [1.807, 2.05) is 92.8 Å². The van der Waals surface area contributed by atoms with Crippen LogP contribution in [-0.4, -0.2) is 29.4 Å². The second-order valence-electron chi connectivity index (χ2n) is 7.33. The average molecular weight is 431 g/mol. The molecule has 1 aromatic heterocycles. The number of ether oxygens (including phenoxy) is 1. The second-order valence-corrected chi connectivity index (χ2v) is 7.76. The van der Waals surface area contributed by atoms with Crippen LogP contribution < -0.4 is 4.74 Å². The van der Waals surface area contributed by atoms with E-state index in [0.29, 0.717) is 29.5 Å². The quantitative estimate of drug-likeness (QED) is 0.364. The molecule has 0 radical (unpaired) electrons. The third-order valence-corrected chi connectivity index (χ3v) is 5.28. The van der Waals surface area contributed by atoms with Crippen molar-refractivity contribution >= 4 is 28.4 Å². The van der Waals surface area contributed by atoms with Crippen LogP contribution >= 0.6 is 11.6 Å². The zero-order chi connectivity index (χ0) is 21.8. The molecular formula is C26H23ClN2O2. The summed E-state index contributed by atoms with van der Waals surface area (Å²) < 4.78 is 5.90. The average Bonchev–Trinajstić information content (AvgIpc) is 2.79. The Morgan fingerprint density at radius 2 is 1.81 bits per heavy atom. The molecule has 0 saturated carbocycles. The van der Waals surface area contributed by atoms with Crippen molar-refractivity contribution in [2.75, 3.05) is 13.7 Å². The Kier molecular flexibility index (Phi) is 6.19. The Bertz CT molecular complexity index is 1220. The number of carbonyl (C=O) groups excluding carboxylic acids is 1. The standard InChI is InChI=1S/C26H23ClN2O2/c1-3-31-25-16-24(19-10-7-11-21(27)14-19)28-23-13-12-20(15-22(23)25)26(30)29(2)17-18-8-5-4-6-9-18/h4-16H,3,17H2,1-2H3. The lowest BCUT2D eigenvalue weighted by atomic mass is 10.1. The fourth-order valence-corrected chi connectivity index (χ4v) is 3.74. The van der Waals surface area contributed by atoms with E-state index < -0.39 is 0 Å². The minimum atomic E-state index is -0.0490. The van der Waals surface area contributed by atoms with Gasteiger partial charge in [0.05, 0.1) is 17.8 Å². The van der Waals surface area contributed by atoms with Gasteiger partial charge in [-0.05, 0) is 42.8 Å². The molecule has 3 aromatic carbocycles. The van der Waals surface area contributed by atoms with Gasteiger partial charge in [0.25, 0.3) is 5.91 Å². The molecule has 0 bridgehead atoms. The van der Waals surface area contributed by atoms with Crippen molar-refractivity contribution in [3.8, 4) is 17.0 Å². The maximum absolute atomic E-state index is 13.0. The molecule has 0 aliphatic carbocycles. The van der Waals surface area contributed by atoms with Gasteiger partial charge in [0.1, 0.15) is 5.75 Å². The first kappa shape index (κ1) is 20.9. The van der Waals surface area contributed by atoms with Crippen molar-refractivity contribution in [2.45, 2.75) is 13.5 Å². The van der Waals surface area contributed by atoms with Crippen LogP contribution in [0.3, 0.4) is 0 Å². The van der Waals surface area contributed by atoms with Crippen LogP contribution in [0.1, 0.15) is 22.8 Å². The number of fused-ring (bicyclic) bond motifs is 1. The summed E-state index contributed by atoms with van der Waals surface area (Å²) in [5, 5.41) is 1.46. The maximum Gasteiger partial charge on any atom is 0.253 e. The monoisotopic (exact) mass is 430 g/mol. The van der Waals surface area contributed by atoms with Gasteiger partial charge in [-0.1, -0.05) is 54.1 Å². The smallest absolute Gasteiger partial charge is 0.253 e. The summed E-state index contributed by atoms with van der Waals surface area (Å²) in [6.07, 6.45) is 0. The molecule has 5 heteroatoms. The van der Waals surface area contributed by atoms with Crippen LogP contribution in [0.15, 0.2) is 78.9 Å². The van der Waals surface area contributed by atoms with E-state index in [-0.39, 0.29) is 5.91 Å². The maximum atomic E-state index is 13.0. The molecule has 4 nitrogen and oxygen atoms in total. The van der Waals surface area contributed by atoms with E-state index in [9.17, 15) is 4.79 Å². The zero-order valence-corrected chi connectivity index (χ0v) is 18.3. The van der Waals surface area contributed by atoms with E-state index in [0.717, 1.165) is 27.7 Å². The number of nitrogens with zero attached hydrogens (tertiary/aromatic N) is 2. The Labute approximate surface area is 187 Å². The van der Waals surface area contributed by atoms with E-state index in [1.165, 1.54) is 0 Å². The van der Waals surface area contributed by atoms with Crippen LogP contribution in [-0.2, 0) is 6.54 Å². The first-order valence-electron chi connectivity index (χ1n) is 10.2. The molecule has 0 saturated heterocycles. The molecule has 0 spiro atoms. The first-order chi connectivity index (χ1) is 15.0. The number of hydrogen-bond acceptors (Lipinski definition) is 3. The van der Waals surface area contributed by atoms with E-state index in [4.69, 9.17) is 21.3 Å². The zero-order valence-electron chi connectivity index (χ0n) is 17.5. The fraction of sp³-hybridized carbons (Fsp3) is 0.154. The summed E-state index contributed by atoms with van der Waals surface area (Å²) in [5.74, 6) is 0.648. The van der Waals surface area contributed by atoms with Crippen molar-refractivity contribution in [1.82, 2.24) is 9.88 Å². The Morgan fingerprint density at radius 3 is 2.55 bits per heavy atom. The van der Waals surface area contributed by atoms with Gasteiger partial charge in [-0.2, -0.15) is 0 Å². The van der Waals surface area contributed by atoms with Gasteiger partial charge < -0.3 is 9.64 Å². The predicted octanol–water partition coefficient (Wildman–Crippen LogP) is 6.23. The molecule has 156 valence electrons. The van der Waals surface area contributed by atoms with Crippen molar-refractivity contribution in [2.24, 2.45) is 0 Å². The topological polar surface area (TPSA) is 42.4 Å². The van der Waals surface area contributed by atoms with Gasteiger partial charge in [-0.15, -0.1) is 0 Å². The molecule has 0 aliphatic heterocycles. The van der Waals surface area contributed by atoms with Crippen LogP contribution in [0.25, 0.3) is 22.2 Å². The number of hydrogen-bond donors (Lipinski definition) is 0. The third-order valence-electron chi connectivity index (χ3n) is 5.05. The second kappa shape index (κ2) is 9.19. The van der Waals surface area contributed by atoms with Crippen LogP contribution in [0.2, 0.25) is 5.02 Å². The summed E-state index contributed by atoms with van der Waals surface area (Å²) in [4.78, 5) is 19.5. The lowest BCUT2D eigenvalue weighted by Gasteiger charge is -2.18. The van der Waals surface area contributed by atoms with Crippen LogP contribution in [0, 0.1) is 0 Å². The SMILES string of the molecule is CCOc1cc(-c2cccc(Cl)c2)nc2ccc(C(=O)N(C)Cc3ccccc3)cc12. The molecule has 0 aliphatic rings. The Balaban J connectivity index is 1.70. The summed E-state index contributed by atoms with van der Waals surface area (Å²) in [5.41, 5.74) is 4.14. The molecule has 4 aromatic rings.